The molecule has 16 heavy (non-hydrogen) atoms. The normalized spacial score (nSPS) is 10.2. The van der Waals surface area contributed by atoms with Crippen molar-refractivity contribution in [2.45, 2.75) is 13.0 Å². The molecule has 2 rings (SSSR count). The molecule has 0 aliphatic rings. The molecule has 1 heterocycles. The van der Waals surface area contributed by atoms with Crippen LogP contribution in [-0.2, 0) is 17.8 Å². The molecule has 4 heteroatoms. The van der Waals surface area contributed by atoms with Gasteiger partial charge in [-0.1, -0.05) is 30.3 Å². The van der Waals surface area contributed by atoms with Gasteiger partial charge < -0.3 is 5.73 Å². The van der Waals surface area contributed by atoms with Crippen LogP contribution in [0, 0.1) is 0 Å². The second-order valence-corrected chi connectivity index (χ2v) is 3.63. The van der Waals surface area contributed by atoms with Crippen LogP contribution in [0.25, 0.3) is 0 Å². The van der Waals surface area contributed by atoms with E-state index in [1.807, 2.05) is 42.6 Å². The summed E-state index contributed by atoms with van der Waals surface area (Å²) in [7, 11) is 0. The summed E-state index contributed by atoms with van der Waals surface area (Å²) in [4.78, 5) is 10.7. The number of aromatic nitrogens is 2. The van der Waals surface area contributed by atoms with Gasteiger partial charge in [0.1, 0.15) is 0 Å². The van der Waals surface area contributed by atoms with Crippen LogP contribution in [-0.4, -0.2) is 15.7 Å². The summed E-state index contributed by atoms with van der Waals surface area (Å²) in [6.07, 6.45) is 2.05. The summed E-state index contributed by atoms with van der Waals surface area (Å²) in [5.41, 5.74) is 6.99. The molecule has 0 aliphatic heterocycles. The monoisotopic (exact) mass is 215 g/mol. The van der Waals surface area contributed by atoms with Crippen LogP contribution in [0.5, 0.6) is 0 Å². The Hall–Kier alpha value is -2.10. The second-order valence-electron chi connectivity index (χ2n) is 3.63. The Labute approximate surface area is 93.7 Å². The van der Waals surface area contributed by atoms with E-state index in [0.717, 1.165) is 0 Å². The maximum absolute atomic E-state index is 10.7. The molecule has 1 amide bonds. The summed E-state index contributed by atoms with van der Waals surface area (Å²) >= 11 is 0. The van der Waals surface area contributed by atoms with Gasteiger partial charge in [0.2, 0.25) is 5.91 Å². The van der Waals surface area contributed by atoms with E-state index in [0.29, 0.717) is 12.2 Å². The Morgan fingerprint density at radius 1 is 1.25 bits per heavy atom. The van der Waals surface area contributed by atoms with Crippen LogP contribution < -0.4 is 5.73 Å². The van der Waals surface area contributed by atoms with E-state index in [4.69, 9.17) is 5.73 Å². The van der Waals surface area contributed by atoms with Crippen LogP contribution in [0.15, 0.2) is 42.6 Å². The van der Waals surface area contributed by atoms with Crippen LogP contribution in [0.4, 0.5) is 0 Å². The van der Waals surface area contributed by atoms with Crippen LogP contribution in [0.2, 0.25) is 0 Å². The molecule has 0 saturated carbocycles. The summed E-state index contributed by atoms with van der Waals surface area (Å²) in [5, 5.41) is 4.26. The molecule has 2 aromatic rings. The Balaban J connectivity index is 2.06. The minimum atomic E-state index is -0.357. The number of benzene rings is 1. The lowest BCUT2D eigenvalue weighted by Crippen LogP contribution is -2.14. The van der Waals surface area contributed by atoms with E-state index < -0.39 is 0 Å². The Kier molecular flexibility index (Phi) is 3.00. The molecule has 0 saturated heterocycles. The van der Waals surface area contributed by atoms with E-state index in [1.54, 1.807) is 4.68 Å². The van der Waals surface area contributed by atoms with Gasteiger partial charge in [0.15, 0.2) is 0 Å². The van der Waals surface area contributed by atoms with Gasteiger partial charge in [0, 0.05) is 6.20 Å². The number of nitrogens with zero attached hydrogens (tertiary/aromatic N) is 2. The molecule has 1 aromatic carbocycles. The van der Waals surface area contributed by atoms with Gasteiger partial charge in [0.25, 0.3) is 0 Å². The topological polar surface area (TPSA) is 60.9 Å². The van der Waals surface area contributed by atoms with E-state index >= 15 is 0 Å². The maximum Gasteiger partial charge on any atom is 0.223 e. The number of nitrogens with two attached hydrogens (primary N) is 1. The summed E-state index contributed by atoms with van der Waals surface area (Å²) < 4.78 is 1.80. The lowest BCUT2D eigenvalue weighted by Gasteiger charge is -2.00. The molecule has 0 radical (unpaired) electrons. The minimum Gasteiger partial charge on any atom is -0.369 e. The molecule has 0 atom stereocenters. The fraction of sp³-hybridized carbons (Fsp3) is 0.167. The number of hydrogen-bond donors (Lipinski definition) is 1. The van der Waals surface area contributed by atoms with Gasteiger partial charge >= 0.3 is 0 Å². The molecule has 0 bridgehead atoms. The van der Waals surface area contributed by atoms with Crippen molar-refractivity contribution in [3.05, 3.63) is 53.9 Å². The highest BCUT2D eigenvalue weighted by Crippen LogP contribution is 2.03. The van der Waals surface area contributed by atoms with E-state index in [9.17, 15) is 4.79 Å². The van der Waals surface area contributed by atoms with Gasteiger partial charge in [-0.25, -0.2) is 0 Å². The van der Waals surface area contributed by atoms with Crippen LogP contribution in [0.3, 0.4) is 0 Å². The summed E-state index contributed by atoms with van der Waals surface area (Å²) in [6, 6.07) is 11.8. The maximum atomic E-state index is 10.7. The summed E-state index contributed by atoms with van der Waals surface area (Å²) in [6.45, 7) is 0.708. The number of primary amides is 1. The van der Waals surface area contributed by atoms with Crippen molar-refractivity contribution in [3.8, 4) is 0 Å². The van der Waals surface area contributed by atoms with Gasteiger partial charge in [-0.15, -0.1) is 0 Å². The van der Waals surface area contributed by atoms with E-state index in [2.05, 4.69) is 5.10 Å². The van der Waals surface area contributed by atoms with Crippen molar-refractivity contribution >= 4 is 5.91 Å². The third kappa shape index (κ3) is 2.70. The van der Waals surface area contributed by atoms with Crippen molar-refractivity contribution in [2.75, 3.05) is 0 Å². The first-order valence-corrected chi connectivity index (χ1v) is 5.08. The second kappa shape index (κ2) is 4.61. The molecular weight excluding hydrogens is 202 g/mol. The molecule has 82 valence electrons. The van der Waals surface area contributed by atoms with Crippen molar-refractivity contribution in [1.82, 2.24) is 9.78 Å². The fourth-order valence-electron chi connectivity index (χ4n) is 1.54. The highest BCUT2D eigenvalue weighted by molar-refractivity contribution is 5.75. The van der Waals surface area contributed by atoms with Crippen molar-refractivity contribution < 1.29 is 4.79 Å². The number of carbonyl (C=O) groups is 1. The highest BCUT2D eigenvalue weighted by Gasteiger charge is 2.02. The number of amides is 1. The molecule has 0 fully saturated rings. The molecule has 0 aliphatic carbocycles. The van der Waals surface area contributed by atoms with Crippen molar-refractivity contribution in [3.63, 3.8) is 0 Å². The van der Waals surface area contributed by atoms with Crippen molar-refractivity contribution in [1.29, 1.82) is 0 Å². The zero-order valence-electron chi connectivity index (χ0n) is 8.84. The SMILES string of the molecule is NC(=O)Cc1ccn(Cc2ccccc2)n1. The molecule has 4 nitrogen and oxygen atoms in total. The Morgan fingerprint density at radius 3 is 2.69 bits per heavy atom. The first-order chi connectivity index (χ1) is 7.74. The van der Waals surface area contributed by atoms with Crippen LogP contribution >= 0.6 is 0 Å². The van der Waals surface area contributed by atoms with E-state index in [1.165, 1.54) is 5.56 Å². The smallest absolute Gasteiger partial charge is 0.223 e. The average Bonchev–Trinajstić information content (AvgIpc) is 2.66. The highest BCUT2D eigenvalue weighted by atomic mass is 16.1. The quantitative estimate of drug-likeness (QED) is 0.825. The number of carbonyl (C=O) groups excluding carboxylic acids is 1. The third-order valence-corrected chi connectivity index (χ3v) is 2.24. The van der Waals surface area contributed by atoms with E-state index in [-0.39, 0.29) is 12.3 Å². The third-order valence-electron chi connectivity index (χ3n) is 2.24. The van der Waals surface area contributed by atoms with Crippen molar-refractivity contribution in [2.24, 2.45) is 5.73 Å². The molecule has 1 aromatic heterocycles. The van der Waals surface area contributed by atoms with Gasteiger partial charge in [-0.2, -0.15) is 5.10 Å². The zero-order valence-corrected chi connectivity index (χ0v) is 8.84. The standard InChI is InChI=1S/C12H13N3O/c13-12(16)8-11-6-7-15(14-11)9-10-4-2-1-3-5-10/h1-7H,8-9H2,(H2,13,16). The molecule has 0 unspecified atom stereocenters. The minimum absolute atomic E-state index is 0.196. The number of rotatable bonds is 4. The average molecular weight is 215 g/mol. The largest absolute Gasteiger partial charge is 0.369 e. The fourth-order valence-corrected chi connectivity index (χ4v) is 1.54. The molecular formula is C12H13N3O. The predicted molar refractivity (Wildman–Crippen MR) is 60.7 cm³/mol. The van der Waals surface area contributed by atoms with Gasteiger partial charge in [-0.05, 0) is 11.6 Å². The number of hydrogen-bond acceptors (Lipinski definition) is 2. The van der Waals surface area contributed by atoms with Gasteiger partial charge in [0.05, 0.1) is 18.7 Å². The molecule has 0 spiro atoms. The zero-order chi connectivity index (χ0) is 11.4. The lowest BCUT2D eigenvalue weighted by molar-refractivity contribution is -0.117. The first-order valence-electron chi connectivity index (χ1n) is 5.08. The molecule has 2 N–H and O–H groups in total. The predicted octanol–water partition coefficient (Wildman–Crippen LogP) is 0.959. The Morgan fingerprint density at radius 2 is 2.00 bits per heavy atom. The van der Waals surface area contributed by atoms with Gasteiger partial charge in [-0.3, -0.25) is 9.48 Å². The van der Waals surface area contributed by atoms with Crippen LogP contribution in [0.1, 0.15) is 11.3 Å². The Bertz CT molecular complexity index is 476. The summed E-state index contributed by atoms with van der Waals surface area (Å²) in [5.74, 6) is -0.357. The first kappa shape index (κ1) is 10.4. The lowest BCUT2D eigenvalue weighted by atomic mass is 10.2.